The number of nitrogens with zero attached hydrogens (tertiary/aromatic N) is 7. The van der Waals surface area contributed by atoms with Gasteiger partial charge in [0, 0.05) is 31.9 Å². The number of amides is 1. The van der Waals surface area contributed by atoms with Crippen molar-refractivity contribution in [1.29, 1.82) is 0 Å². The van der Waals surface area contributed by atoms with Gasteiger partial charge in [-0.1, -0.05) is 0 Å². The van der Waals surface area contributed by atoms with E-state index in [2.05, 4.69) is 30.6 Å². The second-order valence-electron chi connectivity index (χ2n) is 11.1. The molecule has 0 radical (unpaired) electrons. The molecule has 41 heavy (non-hydrogen) atoms. The summed E-state index contributed by atoms with van der Waals surface area (Å²) >= 11 is 0. The molecule has 1 fully saturated rings. The Morgan fingerprint density at radius 2 is 1.85 bits per heavy atom. The molecule has 3 aromatic heterocycles. The quantitative estimate of drug-likeness (QED) is 0.300. The van der Waals surface area contributed by atoms with E-state index < -0.39 is 11.7 Å². The molecule has 12 heteroatoms. The van der Waals surface area contributed by atoms with Crippen molar-refractivity contribution in [2.75, 3.05) is 23.3 Å². The van der Waals surface area contributed by atoms with Crippen LogP contribution in [0.2, 0.25) is 0 Å². The summed E-state index contributed by atoms with van der Waals surface area (Å²) in [6.45, 7) is 8.66. The molecule has 0 spiro atoms. The van der Waals surface area contributed by atoms with E-state index in [1.807, 2.05) is 80.6 Å². The molecule has 0 aliphatic carbocycles. The standard InChI is InChI=1S/C29H31N9O3/c1-17-10-18(6-9-24(17)40-20-7-8-23-21(11-20)33-16-37(23)5)34-26-25-22(31-15-32-26)12-30-27(36-25)38-13-19(14-38)35-28(39)41-29(2,3)4/h6-12,15-16,19H,13-14H2,1-5H3,(H,35,39)(H,31,32,34). The van der Waals surface area contributed by atoms with Crippen LogP contribution in [0.3, 0.4) is 0 Å². The van der Waals surface area contributed by atoms with E-state index >= 15 is 0 Å². The van der Waals surface area contributed by atoms with Gasteiger partial charge in [-0.25, -0.2) is 29.7 Å². The van der Waals surface area contributed by atoms with Gasteiger partial charge in [0.15, 0.2) is 5.82 Å². The Morgan fingerprint density at radius 1 is 1.02 bits per heavy atom. The minimum absolute atomic E-state index is 0.0386. The normalized spacial score (nSPS) is 13.7. The zero-order chi connectivity index (χ0) is 28.7. The van der Waals surface area contributed by atoms with Crippen LogP contribution in [0.4, 0.5) is 22.2 Å². The van der Waals surface area contributed by atoms with Crippen molar-refractivity contribution in [3.63, 3.8) is 0 Å². The van der Waals surface area contributed by atoms with E-state index in [1.54, 1.807) is 12.5 Å². The third kappa shape index (κ3) is 5.67. The fourth-order valence-electron chi connectivity index (χ4n) is 4.58. The van der Waals surface area contributed by atoms with Gasteiger partial charge in [0.25, 0.3) is 0 Å². The number of hydrogen-bond donors (Lipinski definition) is 2. The first-order chi connectivity index (χ1) is 19.6. The molecule has 2 N–H and O–H groups in total. The Labute approximate surface area is 236 Å². The topological polar surface area (TPSA) is 132 Å². The predicted octanol–water partition coefficient (Wildman–Crippen LogP) is 4.86. The van der Waals surface area contributed by atoms with Gasteiger partial charge in [0.1, 0.15) is 34.5 Å². The summed E-state index contributed by atoms with van der Waals surface area (Å²) in [5.41, 5.74) is 4.39. The maximum Gasteiger partial charge on any atom is 0.407 e. The molecule has 0 unspecified atom stereocenters. The summed E-state index contributed by atoms with van der Waals surface area (Å²) in [5.74, 6) is 2.58. The van der Waals surface area contributed by atoms with Crippen LogP contribution in [0.15, 0.2) is 55.2 Å². The predicted molar refractivity (Wildman–Crippen MR) is 156 cm³/mol. The number of carbonyl (C=O) groups is 1. The number of imidazole rings is 1. The molecule has 1 aliphatic heterocycles. The average Bonchev–Trinajstić information content (AvgIpc) is 3.26. The highest BCUT2D eigenvalue weighted by Crippen LogP contribution is 2.31. The van der Waals surface area contributed by atoms with Crippen LogP contribution >= 0.6 is 0 Å². The number of anilines is 3. The first-order valence-electron chi connectivity index (χ1n) is 13.3. The lowest BCUT2D eigenvalue weighted by molar-refractivity contribution is 0.0495. The zero-order valence-electron chi connectivity index (χ0n) is 23.5. The van der Waals surface area contributed by atoms with Crippen LogP contribution in [0.5, 0.6) is 11.5 Å². The largest absolute Gasteiger partial charge is 0.457 e. The van der Waals surface area contributed by atoms with Crippen LogP contribution < -0.4 is 20.3 Å². The average molecular weight is 554 g/mol. The van der Waals surface area contributed by atoms with Crippen molar-refractivity contribution in [3.05, 3.63) is 60.8 Å². The third-order valence-corrected chi connectivity index (χ3v) is 6.61. The summed E-state index contributed by atoms with van der Waals surface area (Å²) in [4.78, 5) is 36.4. The Balaban J connectivity index is 1.15. The zero-order valence-corrected chi connectivity index (χ0v) is 23.5. The number of aromatic nitrogens is 6. The number of benzene rings is 2. The van der Waals surface area contributed by atoms with E-state index in [4.69, 9.17) is 14.5 Å². The molecule has 12 nitrogen and oxygen atoms in total. The highest BCUT2D eigenvalue weighted by atomic mass is 16.6. The van der Waals surface area contributed by atoms with Gasteiger partial charge in [-0.2, -0.15) is 0 Å². The van der Waals surface area contributed by atoms with E-state index in [0.717, 1.165) is 33.8 Å². The Kier molecular flexibility index (Phi) is 6.52. The second-order valence-corrected chi connectivity index (χ2v) is 11.1. The van der Waals surface area contributed by atoms with Crippen molar-refractivity contribution >= 4 is 45.6 Å². The number of carbonyl (C=O) groups excluding carboxylic acids is 1. The maximum atomic E-state index is 12.1. The Morgan fingerprint density at radius 3 is 2.63 bits per heavy atom. The third-order valence-electron chi connectivity index (χ3n) is 6.61. The summed E-state index contributed by atoms with van der Waals surface area (Å²) in [5, 5.41) is 6.24. The van der Waals surface area contributed by atoms with Crippen molar-refractivity contribution in [2.24, 2.45) is 7.05 Å². The number of ether oxygens (including phenoxy) is 2. The summed E-state index contributed by atoms with van der Waals surface area (Å²) in [6, 6.07) is 11.7. The Hall–Kier alpha value is -5.00. The van der Waals surface area contributed by atoms with Crippen LogP contribution in [0.1, 0.15) is 26.3 Å². The second kappa shape index (κ2) is 10.2. The van der Waals surface area contributed by atoms with E-state index in [0.29, 0.717) is 35.9 Å². The van der Waals surface area contributed by atoms with E-state index in [9.17, 15) is 4.79 Å². The highest BCUT2D eigenvalue weighted by Gasteiger charge is 2.31. The van der Waals surface area contributed by atoms with Crippen molar-refractivity contribution in [3.8, 4) is 11.5 Å². The van der Waals surface area contributed by atoms with E-state index in [1.165, 1.54) is 6.33 Å². The summed E-state index contributed by atoms with van der Waals surface area (Å²) in [7, 11) is 1.96. The number of alkyl carbamates (subject to hydrolysis) is 1. The lowest BCUT2D eigenvalue weighted by Crippen LogP contribution is -2.60. The molecule has 6 rings (SSSR count). The molecule has 1 aliphatic rings. The molecule has 5 aromatic rings. The number of rotatable bonds is 6. The van der Waals surface area contributed by atoms with Gasteiger partial charge in [0.2, 0.25) is 5.95 Å². The molecule has 0 atom stereocenters. The number of fused-ring (bicyclic) bond motifs is 2. The monoisotopic (exact) mass is 553 g/mol. The fraction of sp³-hybridized carbons (Fsp3) is 0.310. The SMILES string of the molecule is Cc1cc(Nc2ncnc3cnc(N4CC(NC(=O)OC(C)(C)C)C4)nc23)ccc1Oc1ccc2c(c1)ncn2C. The van der Waals surface area contributed by atoms with Gasteiger partial charge in [-0.05, 0) is 63.6 Å². The lowest BCUT2D eigenvalue weighted by Gasteiger charge is -2.39. The number of nitrogens with one attached hydrogen (secondary N) is 2. The van der Waals surface area contributed by atoms with Crippen LogP contribution in [0.25, 0.3) is 22.1 Å². The maximum absolute atomic E-state index is 12.1. The molecule has 210 valence electrons. The molecule has 1 amide bonds. The summed E-state index contributed by atoms with van der Waals surface area (Å²) < 4.78 is 13.5. The minimum atomic E-state index is -0.542. The fourth-order valence-corrected chi connectivity index (χ4v) is 4.58. The lowest BCUT2D eigenvalue weighted by atomic mass is 10.1. The van der Waals surface area contributed by atoms with Crippen LogP contribution in [-0.2, 0) is 11.8 Å². The van der Waals surface area contributed by atoms with Crippen molar-refractivity contribution in [2.45, 2.75) is 39.3 Å². The van der Waals surface area contributed by atoms with Crippen LogP contribution in [-0.4, -0.2) is 60.3 Å². The number of aryl methyl sites for hydroxylation is 2. The van der Waals surface area contributed by atoms with E-state index in [-0.39, 0.29) is 6.04 Å². The molecule has 0 saturated carbocycles. The van der Waals surface area contributed by atoms with Crippen molar-refractivity contribution < 1.29 is 14.3 Å². The number of hydrogen-bond acceptors (Lipinski definition) is 10. The molecule has 0 bridgehead atoms. The molecule has 1 saturated heterocycles. The molecular formula is C29H31N9O3. The Bertz CT molecular complexity index is 1760. The molecular weight excluding hydrogens is 522 g/mol. The van der Waals surface area contributed by atoms with Gasteiger partial charge in [0.05, 0.1) is 29.6 Å². The van der Waals surface area contributed by atoms with Gasteiger partial charge in [-0.15, -0.1) is 0 Å². The smallest absolute Gasteiger partial charge is 0.407 e. The van der Waals surface area contributed by atoms with Crippen molar-refractivity contribution in [1.82, 2.24) is 34.8 Å². The first-order valence-corrected chi connectivity index (χ1v) is 13.3. The first kappa shape index (κ1) is 26.2. The highest BCUT2D eigenvalue weighted by molar-refractivity contribution is 5.87. The van der Waals surface area contributed by atoms with Gasteiger partial charge >= 0.3 is 6.09 Å². The van der Waals surface area contributed by atoms with Gasteiger partial charge in [-0.3, -0.25) is 0 Å². The minimum Gasteiger partial charge on any atom is -0.457 e. The molecule has 2 aromatic carbocycles. The van der Waals surface area contributed by atoms with Gasteiger partial charge < -0.3 is 29.6 Å². The summed E-state index contributed by atoms with van der Waals surface area (Å²) in [6.07, 6.45) is 4.52. The van der Waals surface area contributed by atoms with Crippen LogP contribution in [0, 0.1) is 6.92 Å². The molecule has 4 heterocycles.